The van der Waals surface area contributed by atoms with Crippen molar-refractivity contribution in [3.63, 3.8) is 0 Å². The van der Waals surface area contributed by atoms with Crippen molar-refractivity contribution >= 4 is 45.9 Å². The van der Waals surface area contributed by atoms with Crippen LogP contribution in [0.1, 0.15) is 36.6 Å². The van der Waals surface area contributed by atoms with Gasteiger partial charge in [0.1, 0.15) is 0 Å². The van der Waals surface area contributed by atoms with Crippen molar-refractivity contribution in [2.45, 2.75) is 26.4 Å². The number of hydrogen-bond acceptors (Lipinski definition) is 7. The molecule has 2 aromatic heterocycles. The fraction of sp³-hybridized carbons (Fsp3) is 0.182. The molecule has 0 radical (unpaired) electrons. The second-order valence-corrected chi connectivity index (χ2v) is 11.7. The van der Waals surface area contributed by atoms with E-state index in [1.165, 1.54) is 11.3 Å². The minimum Gasteiger partial charge on any atom is -0.463 e. The molecule has 1 atom stereocenters. The molecule has 3 aromatic carbocycles. The molecule has 0 fully saturated rings. The standard InChI is InChI=1S/C33H26ClN3O5S/c1-3-40-32(39)29-19(2)35-33-37(30(29)20-12-13-26-27(14-20)42-18-41-26)31(38)28(43-33)15-22-17-36(25-11-7-5-9-23(22)25)16-21-8-4-6-10-24(21)34/h4-15,17,30H,3,16,18H2,1-2H3/b28-15-/t30-/m1/s1. The lowest BCUT2D eigenvalue weighted by Gasteiger charge is -2.24. The number of para-hydroxylation sites is 1. The number of thiazole rings is 1. The SMILES string of the molecule is CCOC(=O)C1=C(C)N=c2s/c(=C\c3cn(Cc4ccccc4Cl)c4ccccc34)c(=O)n2[C@@H]1c1ccc2c(c1)OCO2. The molecular formula is C33H26ClN3O5S. The van der Waals surface area contributed by atoms with E-state index in [9.17, 15) is 9.59 Å². The molecule has 8 nitrogen and oxygen atoms in total. The molecular weight excluding hydrogens is 586 g/mol. The highest BCUT2D eigenvalue weighted by Crippen LogP contribution is 2.38. The summed E-state index contributed by atoms with van der Waals surface area (Å²) in [5.41, 5.74) is 4.20. The molecule has 0 unspecified atom stereocenters. The molecule has 0 N–H and O–H groups in total. The van der Waals surface area contributed by atoms with Gasteiger partial charge in [0.15, 0.2) is 16.3 Å². The Morgan fingerprint density at radius 3 is 2.74 bits per heavy atom. The summed E-state index contributed by atoms with van der Waals surface area (Å²) in [6.45, 7) is 4.42. The van der Waals surface area contributed by atoms with E-state index in [1.807, 2.05) is 66.9 Å². The quantitative estimate of drug-likeness (QED) is 0.247. The van der Waals surface area contributed by atoms with Crippen molar-refractivity contribution in [1.82, 2.24) is 9.13 Å². The van der Waals surface area contributed by atoms with Crippen molar-refractivity contribution in [3.05, 3.63) is 126 Å². The summed E-state index contributed by atoms with van der Waals surface area (Å²) in [4.78, 5) is 32.6. The molecule has 4 heterocycles. The van der Waals surface area contributed by atoms with Gasteiger partial charge in [0.05, 0.1) is 28.5 Å². The van der Waals surface area contributed by atoms with E-state index in [0.717, 1.165) is 22.0 Å². The first-order valence-corrected chi connectivity index (χ1v) is 15.0. The summed E-state index contributed by atoms with van der Waals surface area (Å²) in [6.07, 6.45) is 3.94. The van der Waals surface area contributed by atoms with E-state index in [2.05, 4.69) is 10.6 Å². The number of esters is 1. The Kier molecular flexibility index (Phi) is 6.91. The maximum atomic E-state index is 14.2. The first-order chi connectivity index (χ1) is 20.9. The largest absolute Gasteiger partial charge is 0.463 e. The maximum absolute atomic E-state index is 14.2. The summed E-state index contributed by atoms with van der Waals surface area (Å²) < 4.78 is 20.7. The average Bonchev–Trinajstić information content (AvgIpc) is 3.69. The molecule has 0 bridgehead atoms. The van der Waals surface area contributed by atoms with Crippen LogP contribution in [0.4, 0.5) is 0 Å². The Balaban J connectivity index is 1.39. The third kappa shape index (κ3) is 4.74. The highest BCUT2D eigenvalue weighted by molar-refractivity contribution is 7.07. The predicted molar refractivity (Wildman–Crippen MR) is 165 cm³/mol. The summed E-state index contributed by atoms with van der Waals surface area (Å²) in [6, 6.07) is 20.5. The Morgan fingerprint density at radius 2 is 1.91 bits per heavy atom. The van der Waals surface area contributed by atoms with Gasteiger partial charge < -0.3 is 18.8 Å². The van der Waals surface area contributed by atoms with E-state index in [0.29, 0.717) is 49.2 Å². The third-order valence-corrected chi connectivity index (χ3v) is 8.99. The topological polar surface area (TPSA) is 84.1 Å². The van der Waals surface area contributed by atoms with Gasteiger partial charge in [0, 0.05) is 34.2 Å². The number of nitrogens with zero attached hydrogens (tertiary/aromatic N) is 3. The summed E-state index contributed by atoms with van der Waals surface area (Å²) in [7, 11) is 0. The van der Waals surface area contributed by atoms with Gasteiger partial charge in [0.2, 0.25) is 6.79 Å². The number of benzene rings is 3. The fourth-order valence-corrected chi connectivity index (χ4v) is 6.90. The van der Waals surface area contributed by atoms with Crippen LogP contribution in [0.15, 0.2) is 94.0 Å². The molecule has 0 saturated carbocycles. The Morgan fingerprint density at radius 1 is 1.12 bits per heavy atom. The van der Waals surface area contributed by atoms with E-state index >= 15 is 0 Å². The zero-order chi connectivity index (χ0) is 29.7. The van der Waals surface area contributed by atoms with E-state index in [4.69, 9.17) is 30.8 Å². The van der Waals surface area contributed by atoms with Gasteiger partial charge >= 0.3 is 5.97 Å². The Bertz CT molecular complexity index is 2140. The van der Waals surface area contributed by atoms with Gasteiger partial charge in [-0.25, -0.2) is 9.79 Å². The molecule has 43 heavy (non-hydrogen) atoms. The average molecular weight is 612 g/mol. The zero-order valence-corrected chi connectivity index (χ0v) is 24.9. The second kappa shape index (κ2) is 10.9. The van der Waals surface area contributed by atoms with Crippen LogP contribution in [0.25, 0.3) is 17.0 Å². The molecule has 10 heteroatoms. The Labute approximate surface area is 255 Å². The van der Waals surface area contributed by atoms with Crippen LogP contribution in [-0.4, -0.2) is 28.5 Å². The Hall–Kier alpha value is -4.60. The summed E-state index contributed by atoms with van der Waals surface area (Å²) >= 11 is 7.77. The normalized spacial score (nSPS) is 16.0. The number of allylic oxidation sites excluding steroid dienone is 1. The maximum Gasteiger partial charge on any atom is 0.338 e. The number of hydrogen-bond donors (Lipinski definition) is 0. The molecule has 216 valence electrons. The molecule has 0 saturated heterocycles. The highest BCUT2D eigenvalue weighted by Gasteiger charge is 2.34. The molecule has 2 aliphatic heterocycles. The lowest BCUT2D eigenvalue weighted by atomic mass is 9.95. The monoisotopic (exact) mass is 611 g/mol. The van der Waals surface area contributed by atoms with E-state index in [1.54, 1.807) is 24.5 Å². The number of carbonyl (C=O) groups is 1. The molecule has 0 aliphatic carbocycles. The van der Waals surface area contributed by atoms with Gasteiger partial charge in [-0.05, 0) is 55.3 Å². The van der Waals surface area contributed by atoms with Crippen LogP contribution in [0.3, 0.4) is 0 Å². The fourth-order valence-electron chi connectivity index (χ4n) is 5.66. The van der Waals surface area contributed by atoms with Crippen LogP contribution >= 0.6 is 22.9 Å². The first-order valence-electron chi connectivity index (χ1n) is 13.8. The van der Waals surface area contributed by atoms with Crippen LogP contribution < -0.4 is 24.4 Å². The molecule has 0 amide bonds. The third-order valence-electron chi connectivity index (χ3n) is 7.63. The molecule has 5 aromatic rings. The van der Waals surface area contributed by atoms with Crippen LogP contribution in [0, 0.1) is 0 Å². The number of carbonyl (C=O) groups excluding carboxylic acids is 1. The van der Waals surface area contributed by atoms with Gasteiger partial charge in [-0.3, -0.25) is 9.36 Å². The second-order valence-electron chi connectivity index (χ2n) is 10.2. The summed E-state index contributed by atoms with van der Waals surface area (Å²) in [5, 5.41) is 1.71. The lowest BCUT2D eigenvalue weighted by molar-refractivity contribution is -0.139. The number of fused-ring (bicyclic) bond motifs is 3. The predicted octanol–water partition coefficient (Wildman–Crippen LogP) is 5.18. The van der Waals surface area contributed by atoms with Crippen LogP contribution in [-0.2, 0) is 16.1 Å². The number of rotatable bonds is 6. The van der Waals surface area contributed by atoms with Crippen molar-refractivity contribution in [2.24, 2.45) is 4.99 Å². The summed E-state index contributed by atoms with van der Waals surface area (Å²) in [5.74, 6) is 0.662. The smallest absolute Gasteiger partial charge is 0.338 e. The van der Waals surface area contributed by atoms with Gasteiger partial charge in [-0.1, -0.05) is 65.4 Å². The van der Waals surface area contributed by atoms with Crippen molar-refractivity contribution in [1.29, 1.82) is 0 Å². The zero-order valence-electron chi connectivity index (χ0n) is 23.4. The molecule has 0 spiro atoms. The van der Waals surface area contributed by atoms with Crippen molar-refractivity contribution in [3.8, 4) is 11.5 Å². The molecule has 2 aliphatic rings. The van der Waals surface area contributed by atoms with E-state index < -0.39 is 12.0 Å². The van der Waals surface area contributed by atoms with Crippen LogP contribution in [0.2, 0.25) is 5.02 Å². The number of aromatic nitrogens is 2. The van der Waals surface area contributed by atoms with Gasteiger partial charge in [-0.2, -0.15) is 0 Å². The number of halogens is 1. The minimum atomic E-state index is -0.742. The van der Waals surface area contributed by atoms with Crippen LogP contribution in [0.5, 0.6) is 11.5 Å². The first kappa shape index (κ1) is 27.2. The van der Waals surface area contributed by atoms with Gasteiger partial charge in [0.25, 0.3) is 5.56 Å². The van der Waals surface area contributed by atoms with E-state index in [-0.39, 0.29) is 19.0 Å². The minimum absolute atomic E-state index is 0.116. The van der Waals surface area contributed by atoms with Crippen molar-refractivity contribution < 1.29 is 19.0 Å². The lowest BCUT2D eigenvalue weighted by Crippen LogP contribution is -2.39. The number of ether oxygens (including phenoxy) is 3. The highest BCUT2D eigenvalue weighted by atomic mass is 35.5. The van der Waals surface area contributed by atoms with Crippen molar-refractivity contribution in [2.75, 3.05) is 13.4 Å². The van der Waals surface area contributed by atoms with Gasteiger partial charge in [-0.15, -0.1) is 0 Å². The molecule has 7 rings (SSSR count).